The number of esters is 1. The molecule has 1 aromatic carbocycles. The highest BCUT2D eigenvalue weighted by Crippen LogP contribution is 2.42. The molecule has 0 N–H and O–H groups in total. The fraction of sp³-hybridized carbons (Fsp3) is 0.667. The van der Waals surface area contributed by atoms with Crippen molar-refractivity contribution in [2.75, 3.05) is 13.1 Å². The van der Waals surface area contributed by atoms with Gasteiger partial charge in [0.2, 0.25) is 0 Å². The van der Waals surface area contributed by atoms with E-state index >= 15 is 0 Å². The Labute approximate surface area is 162 Å². The van der Waals surface area contributed by atoms with Crippen molar-refractivity contribution in [1.82, 2.24) is 4.31 Å². The van der Waals surface area contributed by atoms with E-state index in [4.69, 9.17) is 9.47 Å². The third-order valence-electron chi connectivity index (χ3n) is 4.43. The highest BCUT2D eigenvalue weighted by atomic mass is 32.2. The quantitative estimate of drug-likeness (QED) is 0.316. The van der Waals surface area contributed by atoms with Gasteiger partial charge in [-0.15, -0.1) is 0 Å². The fourth-order valence-corrected chi connectivity index (χ4v) is 4.06. The van der Waals surface area contributed by atoms with E-state index in [0.29, 0.717) is 5.75 Å². The van der Waals surface area contributed by atoms with Gasteiger partial charge in [0.1, 0.15) is 10.9 Å². The molecule has 0 saturated carbocycles. The molecular weight excluding hydrogens is 346 g/mol. The Hall–Kier alpha value is -1.20. The molecular formula is C21H33NO3S. The third-order valence-corrected chi connectivity index (χ3v) is 5.60. The lowest BCUT2D eigenvalue weighted by atomic mass is 10.0. The first-order chi connectivity index (χ1) is 12.4. The van der Waals surface area contributed by atoms with Crippen LogP contribution in [0.4, 0.5) is 0 Å². The van der Waals surface area contributed by atoms with Gasteiger partial charge in [-0.2, -0.15) is 0 Å². The molecule has 0 aliphatic carbocycles. The maximum Gasteiger partial charge on any atom is 0.325 e. The van der Waals surface area contributed by atoms with Crippen LogP contribution in [0.1, 0.15) is 65.9 Å². The topological polar surface area (TPSA) is 38.8 Å². The molecule has 1 heterocycles. The molecule has 26 heavy (non-hydrogen) atoms. The minimum Gasteiger partial charge on any atom is -0.483 e. The summed E-state index contributed by atoms with van der Waals surface area (Å²) < 4.78 is 14.0. The Kier molecular flexibility index (Phi) is 7.84. The number of carbonyl (C=O) groups excluding carboxylic acids is 1. The number of ether oxygens (including phenoxy) is 2. The molecule has 0 saturated heterocycles. The van der Waals surface area contributed by atoms with Gasteiger partial charge in [-0.25, -0.2) is 4.31 Å². The van der Waals surface area contributed by atoms with E-state index in [1.807, 2.05) is 25.1 Å². The van der Waals surface area contributed by atoms with Gasteiger partial charge in [0.15, 0.2) is 11.5 Å². The first-order valence-electron chi connectivity index (χ1n) is 9.80. The van der Waals surface area contributed by atoms with Gasteiger partial charge in [-0.3, -0.25) is 4.79 Å². The zero-order valence-corrected chi connectivity index (χ0v) is 17.7. The molecule has 2 rings (SSSR count). The maximum atomic E-state index is 12.6. The molecule has 1 atom stereocenters. The van der Waals surface area contributed by atoms with Crippen molar-refractivity contribution >= 4 is 17.9 Å². The van der Waals surface area contributed by atoms with Gasteiger partial charge in [0, 0.05) is 25.1 Å². The number of para-hydroxylation sites is 1. The molecule has 0 spiro atoms. The average molecular weight is 380 g/mol. The summed E-state index contributed by atoms with van der Waals surface area (Å²) in [7, 11) is 0. The number of unbranched alkanes of at least 4 members (excludes halogenated alkanes) is 2. The molecule has 1 aliphatic heterocycles. The summed E-state index contributed by atoms with van der Waals surface area (Å²) in [6.45, 7) is 12.4. The van der Waals surface area contributed by atoms with Crippen LogP contribution >= 0.6 is 11.9 Å². The summed E-state index contributed by atoms with van der Waals surface area (Å²) in [5.74, 6) is 1.05. The number of hydrogen-bond acceptors (Lipinski definition) is 5. The molecule has 1 aliphatic rings. The lowest BCUT2D eigenvalue weighted by Gasteiger charge is -2.24. The van der Waals surface area contributed by atoms with E-state index in [-0.39, 0.29) is 16.8 Å². The number of benzene rings is 1. The smallest absolute Gasteiger partial charge is 0.325 e. The van der Waals surface area contributed by atoms with Crippen molar-refractivity contribution in [3.05, 3.63) is 23.8 Å². The summed E-state index contributed by atoms with van der Waals surface area (Å²) >= 11 is 1.60. The second kappa shape index (κ2) is 9.65. The summed E-state index contributed by atoms with van der Waals surface area (Å²) in [6, 6.07) is 5.79. The van der Waals surface area contributed by atoms with Crippen molar-refractivity contribution in [1.29, 1.82) is 0 Å². The number of nitrogens with zero attached hydrogens (tertiary/aromatic N) is 1. The normalized spacial score (nSPS) is 16.2. The fourth-order valence-electron chi connectivity index (χ4n) is 3.01. The standard InChI is InChI=1S/C21H33NO3S/c1-6-8-13-22(14-9-7-2)26-16(3)20(23)24-18-12-10-11-17-15-21(4,5)25-19(17)18/h10-12,16H,6-9,13-15H2,1-5H3. The lowest BCUT2D eigenvalue weighted by molar-refractivity contribution is -0.133. The molecule has 0 amide bonds. The van der Waals surface area contributed by atoms with Crippen molar-refractivity contribution in [3.63, 3.8) is 0 Å². The molecule has 0 aromatic heterocycles. The third kappa shape index (κ3) is 5.92. The molecule has 0 radical (unpaired) electrons. The first-order valence-corrected chi connectivity index (χ1v) is 10.6. The van der Waals surface area contributed by atoms with E-state index < -0.39 is 0 Å². The van der Waals surface area contributed by atoms with Gasteiger partial charge in [0.05, 0.1) is 0 Å². The van der Waals surface area contributed by atoms with Crippen LogP contribution in [0.15, 0.2) is 18.2 Å². The number of fused-ring (bicyclic) bond motifs is 1. The Balaban J connectivity index is 1.98. The lowest BCUT2D eigenvalue weighted by Crippen LogP contribution is -2.28. The Morgan fingerprint density at radius 2 is 1.92 bits per heavy atom. The van der Waals surface area contributed by atoms with Crippen LogP contribution in [0.25, 0.3) is 0 Å². The van der Waals surface area contributed by atoms with Crippen LogP contribution in [-0.2, 0) is 11.2 Å². The molecule has 0 fully saturated rings. The SMILES string of the molecule is CCCCN(CCCC)SC(C)C(=O)Oc1cccc2c1OC(C)(C)C2. The van der Waals surface area contributed by atoms with Crippen molar-refractivity contribution in [3.8, 4) is 11.5 Å². The van der Waals surface area contributed by atoms with Crippen molar-refractivity contribution in [2.24, 2.45) is 0 Å². The zero-order valence-electron chi connectivity index (χ0n) is 16.8. The first kappa shape index (κ1) is 21.1. The van der Waals surface area contributed by atoms with Crippen molar-refractivity contribution in [2.45, 2.75) is 77.6 Å². The summed E-state index contributed by atoms with van der Waals surface area (Å²) in [6.07, 6.45) is 5.44. The Bertz CT molecular complexity index is 595. The van der Waals surface area contributed by atoms with Crippen LogP contribution in [0.5, 0.6) is 11.5 Å². The minimum absolute atomic E-state index is 0.213. The highest BCUT2D eigenvalue weighted by molar-refractivity contribution is 7.98. The number of rotatable bonds is 10. The van der Waals surface area contributed by atoms with Gasteiger partial charge in [-0.05, 0) is 39.7 Å². The second-order valence-corrected chi connectivity index (χ2v) is 9.02. The Morgan fingerprint density at radius 1 is 1.27 bits per heavy atom. The monoisotopic (exact) mass is 379 g/mol. The summed E-state index contributed by atoms with van der Waals surface area (Å²) in [4.78, 5) is 12.6. The van der Waals surface area contributed by atoms with Crippen LogP contribution in [0, 0.1) is 0 Å². The summed E-state index contributed by atoms with van der Waals surface area (Å²) in [5, 5.41) is -0.242. The maximum absolute atomic E-state index is 12.6. The van der Waals surface area contributed by atoms with Gasteiger partial charge < -0.3 is 9.47 Å². The predicted octanol–water partition coefficient (Wildman–Crippen LogP) is 5.24. The van der Waals surface area contributed by atoms with Gasteiger partial charge in [0.25, 0.3) is 0 Å². The van der Waals surface area contributed by atoms with Crippen LogP contribution in [0.3, 0.4) is 0 Å². The Morgan fingerprint density at radius 3 is 2.54 bits per heavy atom. The molecule has 146 valence electrons. The number of hydrogen-bond donors (Lipinski definition) is 0. The molecule has 1 aromatic rings. The molecule has 4 nitrogen and oxygen atoms in total. The van der Waals surface area contributed by atoms with Crippen molar-refractivity contribution < 1.29 is 14.3 Å². The van der Waals surface area contributed by atoms with E-state index in [0.717, 1.165) is 56.5 Å². The zero-order chi connectivity index (χ0) is 19.2. The minimum atomic E-state index is -0.248. The highest BCUT2D eigenvalue weighted by Gasteiger charge is 2.33. The number of carbonyl (C=O) groups is 1. The van der Waals surface area contributed by atoms with E-state index in [9.17, 15) is 4.79 Å². The molecule has 0 bridgehead atoms. The average Bonchev–Trinajstić information content (AvgIpc) is 2.92. The van der Waals surface area contributed by atoms with Crippen LogP contribution in [0.2, 0.25) is 0 Å². The van der Waals surface area contributed by atoms with E-state index in [1.54, 1.807) is 11.9 Å². The van der Waals surface area contributed by atoms with Gasteiger partial charge in [-0.1, -0.05) is 50.8 Å². The second-order valence-electron chi connectivity index (χ2n) is 7.59. The largest absolute Gasteiger partial charge is 0.483 e. The van der Waals surface area contributed by atoms with Crippen LogP contribution in [-0.4, -0.2) is 34.2 Å². The van der Waals surface area contributed by atoms with E-state index in [1.165, 1.54) is 0 Å². The van der Waals surface area contributed by atoms with E-state index in [2.05, 4.69) is 32.0 Å². The molecule has 1 unspecified atom stereocenters. The van der Waals surface area contributed by atoms with Crippen LogP contribution < -0.4 is 9.47 Å². The summed E-state index contributed by atoms with van der Waals surface area (Å²) in [5.41, 5.74) is 0.857. The van der Waals surface area contributed by atoms with Gasteiger partial charge >= 0.3 is 5.97 Å². The molecule has 5 heteroatoms. The predicted molar refractivity (Wildman–Crippen MR) is 109 cm³/mol.